The summed E-state index contributed by atoms with van der Waals surface area (Å²) in [6, 6.07) is 13.8. The standard InChI is InChI=1S/C23H21N5O4/c1-3-32-22-17(11-24)18(25)10-20(28-22)21(29)27-13-14-7-8-19(26-12-14)15-5-4-6-16(9-15)23(30)31-2/h4-10,12H,3,13H2,1-2H3,(H2,25,28)(H,27,29). The summed E-state index contributed by atoms with van der Waals surface area (Å²) >= 11 is 0. The number of nitrogens with one attached hydrogen (secondary N) is 1. The number of ether oxygens (including phenoxy) is 2. The predicted molar refractivity (Wildman–Crippen MR) is 117 cm³/mol. The number of amides is 1. The van der Waals surface area contributed by atoms with Crippen LogP contribution in [0.2, 0.25) is 0 Å². The molecule has 1 aromatic carbocycles. The summed E-state index contributed by atoms with van der Waals surface area (Å²) in [6.45, 7) is 2.24. The van der Waals surface area contributed by atoms with E-state index in [0.717, 1.165) is 11.1 Å². The van der Waals surface area contributed by atoms with Crippen molar-refractivity contribution in [2.45, 2.75) is 13.5 Å². The van der Waals surface area contributed by atoms with E-state index < -0.39 is 11.9 Å². The van der Waals surface area contributed by atoms with Gasteiger partial charge in [0, 0.05) is 18.3 Å². The molecule has 1 amide bonds. The Kier molecular flexibility index (Phi) is 6.98. The van der Waals surface area contributed by atoms with Gasteiger partial charge in [0.25, 0.3) is 5.91 Å². The molecule has 3 aromatic rings. The summed E-state index contributed by atoms with van der Waals surface area (Å²) < 4.78 is 10.1. The average molecular weight is 431 g/mol. The second-order valence-corrected chi connectivity index (χ2v) is 6.63. The number of carbonyl (C=O) groups excluding carboxylic acids is 2. The van der Waals surface area contributed by atoms with Gasteiger partial charge in [-0.1, -0.05) is 18.2 Å². The molecule has 0 fully saturated rings. The Morgan fingerprint density at radius 3 is 2.69 bits per heavy atom. The fourth-order valence-electron chi connectivity index (χ4n) is 2.91. The number of methoxy groups -OCH3 is 1. The fourth-order valence-corrected chi connectivity index (χ4v) is 2.91. The predicted octanol–water partition coefficient (Wildman–Crippen LogP) is 2.71. The zero-order valence-electron chi connectivity index (χ0n) is 17.6. The van der Waals surface area contributed by atoms with Crippen molar-refractivity contribution in [2.24, 2.45) is 0 Å². The molecule has 32 heavy (non-hydrogen) atoms. The molecule has 0 saturated heterocycles. The van der Waals surface area contributed by atoms with Crippen LogP contribution in [-0.2, 0) is 11.3 Å². The van der Waals surface area contributed by atoms with E-state index in [0.29, 0.717) is 11.3 Å². The minimum absolute atomic E-state index is 0.0281. The molecule has 162 valence electrons. The van der Waals surface area contributed by atoms with Crippen LogP contribution < -0.4 is 15.8 Å². The van der Waals surface area contributed by atoms with Gasteiger partial charge in [-0.2, -0.15) is 5.26 Å². The molecule has 0 saturated carbocycles. The monoisotopic (exact) mass is 431 g/mol. The number of nitrogen functional groups attached to an aromatic ring is 1. The maximum absolute atomic E-state index is 12.5. The van der Waals surface area contributed by atoms with Gasteiger partial charge < -0.3 is 20.5 Å². The third-order valence-corrected chi connectivity index (χ3v) is 4.50. The maximum atomic E-state index is 12.5. The number of carbonyl (C=O) groups is 2. The first-order chi connectivity index (χ1) is 15.5. The summed E-state index contributed by atoms with van der Waals surface area (Å²) in [4.78, 5) is 32.7. The summed E-state index contributed by atoms with van der Waals surface area (Å²) in [5, 5.41) is 11.9. The molecule has 0 bridgehead atoms. The van der Waals surface area contributed by atoms with E-state index in [9.17, 15) is 14.9 Å². The highest BCUT2D eigenvalue weighted by Gasteiger charge is 2.16. The Morgan fingerprint density at radius 2 is 2.03 bits per heavy atom. The van der Waals surface area contributed by atoms with Crippen LogP contribution in [0, 0.1) is 11.3 Å². The second-order valence-electron chi connectivity index (χ2n) is 6.63. The van der Waals surface area contributed by atoms with Crippen molar-refractivity contribution in [1.82, 2.24) is 15.3 Å². The highest BCUT2D eigenvalue weighted by molar-refractivity contribution is 5.93. The minimum Gasteiger partial charge on any atom is -0.477 e. The number of aromatic nitrogens is 2. The lowest BCUT2D eigenvalue weighted by Crippen LogP contribution is -2.24. The number of pyridine rings is 2. The zero-order valence-corrected chi connectivity index (χ0v) is 17.6. The molecule has 0 radical (unpaired) electrons. The van der Waals surface area contributed by atoms with E-state index >= 15 is 0 Å². The molecule has 2 aromatic heterocycles. The Labute approximate surface area is 184 Å². The van der Waals surface area contributed by atoms with Crippen molar-refractivity contribution in [2.75, 3.05) is 19.5 Å². The van der Waals surface area contributed by atoms with Gasteiger partial charge in [0.2, 0.25) is 5.88 Å². The molecular formula is C23H21N5O4. The van der Waals surface area contributed by atoms with Crippen LogP contribution in [-0.4, -0.2) is 35.6 Å². The SMILES string of the molecule is CCOc1nc(C(=O)NCc2ccc(-c3cccc(C(=O)OC)c3)nc2)cc(N)c1C#N. The summed E-state index contributed by atoms with van der Waals surface area (Å²) in [5.74, 6) is -0.854. The van der Waals surface area contributed by atoms with E-state index in [4.69, 9.17) is 15.2 Å². The van der Waals surface area contributed by atoms with Crippen molar-refractivity contribution >= 4 is 17.6 Å². The van der Waals surface area contributed by atoms with Crippen LogP contribution in [0.4, 0.5) is 5.69 Å². The molecule has 0 unspecified atom stereocenters. The molecular weight excluding hydrogens is 410 g/mol. The second kappa shape index (κ2) is 10.0. The number of hydrogen-bond acceptors (Lipinski definition) is 8. The third-order valence-electron chi connectivity index (χ3n) is 4.50. The molecule has 9 heteroatoms. The molecule has 9 nitrogen and oxygen atoms in total. The first kappa shape index (κ1) is 22.2. The average Bonchev–Trinajstić information content (AvgIpc) is 2.82. The van der Waals surface area contributed by atoms with E-state index in [1.807, 2.05) is 18.2 Å². The van der Waals surface area contributed by atoms with Crippen molar-refractivity contribution in [1.29, 1.82) is 5.26 Å². The molecule has 0 aliphatic heterocycles. The Hall–Kier alpha value is -4.45. The van der Waals surface area contributed by atoms with Crippen molar-refractivity contribution in [3.63, 3.8) is 0 Å². The van der Waals surface area contributed by atoms with Gasteiger partial charge in [0.15, 0.2) is 0 Å². The van der Waals surface area contributed by atoms with E-state index in [1.165, 1.54) is 13.2 Å². The first-order valence-corrected chi connectivity index (χ1v) is 9.72. The number of benzene rings is 1. The van der Waals surface area contributed by atoms with Gasteiger partial charge >= 0.3 is 5.97 Å². The zero-order chi connectivity index (χ0) is 23.1. The molecule has 0 aliphatic carbocycles. The van der Waals surface area contributed by atoms with Crippen LogP contribution in [0.25, 0.3) is 11.3 Å². The van der Waals surface area contributed by atoms with Crippen molar-refractivity contribution in [3.05, 3.63) is 71.0 Å². The minimum atomic E-state index is -0.461. The van der Waals surface area contributed by atoms with Crippen LogP contribution >= 0.6 is 0 Å². The quantitative estimate of drug-likeness (QED) is 0.544. The Morgan fingerprint density at radius 1 is 1.22 bits per heavy atom. The van der Waals surface area contributed by atoms with Crippen molar-refractivity contribution < 1.29 is 19.1 Å². The molecule has 3 N–H and O–H groups in total. The third kappa shape index (κ3) is 4.99. The lowest BCUT2D eigenvalue weighted by Gasteiger charge is -2.10. The smallest absolute Gasteiger partial charge is 0.337 e. The molecule has 2 heterocycles. The molecule has 0 spiro atoms. The molecule has 0 atom stereocenters. The number of rotatable bonds is 7. The summed E-state index contributed by atoms with van der Waals surface area (Å²) in [5.41, 5.74) is 8.76. The topological polar surface area (TPSA) is 140 Å². The first-order valence-electron chi connectivity index (χ1n) is 9.72. The van der Waals surface area contributed by atoms with Crippen molar-refractivity contribution in [3.8, 4) is 23.2 Å². The summed E-state index contributed by atoms with van der Waals surface area (Å²) in [7, 11) is 1.33. The number of anilines is 1. The lowest BCUT2D eigenvalue weighted by molar-refractivity contribution is 0.0600. The van der Waals surface area contributed by atoms with Gasteiger partial charge in [-0.15, -0.1) is 0 Å². The van der Waals surface area contributed by atoms with Crippen LogP contribution in [0.3, 0.4) is 0 Å². The molecule has 3 rings (SSSR count). The Balaban J connectivity index is 1.70. The number of nitrogens with two attached hydrogens (primary N) is 1. The maximum Gasteiger partial charge on any atom is 0.337 e. The van der Waals surface area contributed by atoms with Gasteiger partial charge in [-0.25, -0.2) is 9.78 Å². The van der Waals surface area contributed by atoms with Gasteiger partial charge in [-0.3, -0.25) is 9.78 Å². The highest BCUT2D eigenvalue weighted by atomic mass is 16.5. The summed E-state index contributed by atoms with van der Waals surface area (Å²) in [6.07, 6.45) is 1.63. The highest BCUT2D eigenvalue weighted by Crippen LogP contribution is 2.23. The van der Waals surface area contributed by atoms with E-state index in [-0.39, 0.29) is 36.0 Å². The van der Waals surface area contributed by atoms with Gasteiger partial charge in [0.05, 0.1) is 30.7 Å². The van der Waals surface area contributed by atoms with Crippen LogP contribution in [0.5, 0.6) is 5.88 Å². The normalized spacial score (nSPS) is 10.2. The van der Waals surface area contributed by atoms with Crippen LogP contribution in [0.15, 0.2) is 48.7 Å². The van der Waals surface area contributed by atoms with Crippen LogP contribution in [0.1, 0.15) is 38.9 Å². The molecule has 0 aliphatic rings. The van der Waals surface area contributed by atoms with Gasteiger partial charge in [-0.05, 0) is 36.8 Å². The van der Waals surface area contributed by atoms with E-state index in [2.05, 4.69) is 15.3 Å². The lowest BCUT2D eigenvalue weighted by atomic mass is 10.1. The number of esters is 1. The largest absolute Gasteiger partial charge is 0.477 e. The fraction of sp³-hybridized carbons (Fsp3) is 0.174. The Bertz CT molecular complexity index is 1190. The van der Waals surface area contributed by atoms with E-state index in [1.54, 1.807) is 37.4 Å². The van der Waals surface area contributed by atoms with Gasteiger partial charge in [0.1, 0.15) is 17.3 Å². The number of hydrogen-bond donors (Lipinski definition) is 2. The number of nitrogens with zero attached hydrogens (tertiary/aromatic N) is 3. The number of nitriles is 1.